The van der Waals surface area contributed by atoms with Crippen LogP contribution in [-0.2, 0) is 0 Å². The molecule has 2 nitrogen and oxygen atoms in total. The highest BCUT2D eigenvalue weighted by Gasteiger charge is 2.50. The Hall–Kier alpha value is -1.51. The zero-order valence-corrected chi connectivity index (χ0v) is 17.3. The van der Waals surface area contributed by atoms with Crippen molar-refractivity contribution >= 4 is 11.6 Å². The molecule has 28 heavy (non-hydrogen) atoms. The molecule has 0 atom stereocenters. The Kier molecular flexibility index (Phi) is 5.11. The van der Waals surface area contributed by atoms with Crippen LogP contribution >= 0.6 is 11.6 Å². The molecule has 3 heteroatoms. The molecule has 1 N–H and O–H groups in total. The van der Waals surface area contributed by atoms with Crippen molar-refractivity contribution in [2.75, 3.05) is 13.2 Å². The molecule has 4 fully saturated rings. The molecule has 2 aromatic carbocycles. The average molecular weight is 396 g/mol. The second-order valence-corrected chi connectivity index (χ2v) is 9.77. The second kappa shape index (κ2) is 7.72. The van der Waals surface area contributed by atoms with Crippen LogP contribution in [0.3, 0.4) is 0 Å². The first-order valence-electron chi connectivity index (χ1n) is 10.9. The van der Waals surface area contributed by atoms with Crippen LogP contribution in [0, 0.1) is 17.8 Å². The van der Waals surface area contributed by atoms with E-state index in [-0.39, 0.29) is 0 Å². The van der Waals surface area contributed by atoms with Crippen LogP contribution in [0.5, 0.6) is 5.75 Å². The van der Waals surface area contributed by atoms with Crippen LogP contribution in [0.15, 0.2) is 48.5 Å². The lowest BCUT2D eigenvalue weighted by Crippen LogP contribution is -2.58. The van der Waals surface area contributed by atoms with Gasteiger partial charge in [0.25, 0.3) is 0 Å². The van der Waals surface area contributed by atoms with Crippen LogP contribution < -0.4 is 10.1 Å². The second-order valence-electron chi connectivity index (χ2n) is 9.33. The predicted octanol–water partition coefficient (Wildman–Crippen LogP) is 6.33. The van der Waals surface area contributed by atoms with Crippen molar-refractivity contribution in [1.29, 1.82) is 0 Å². The van der Waals surface area contributed by atoms with Crippen LogP contribution in [-0.4, -0.2) is 18.7 Å². The first-order chi connectivity index (χ1) is 13.7. The lowest BCUT2D eigenvalue weighted by atomic mass is 9.53. The molecular formula is C25H30ClNO. The van der Waals surface area contributed by atoms with E-state index in [0.29, 0.717) is 5.54 Å². The minimum absolute atomic E-state index is 0.449. The van der Waals surface area contributed by atoms with E-state index in [9.17, 15) is 0 Å². The number of nitrogens with one attached hydrogen (secondary N) is 1. The fourth-order valence-electron chi connectivity index (χ4n) is 6.41. The van der Waals surface area contributed by atoms with Gasteiger partial charge in [-0.3, -0.25) is 0 Å². The molecule has 0 unspecified atom stereocenters. The SMILES string of the molecule is Clc1ccc(OCCCNC23CC4CC(CC(C4)C2)C3)c(-c2ccccc2)c1. The molecule has 0 saturated heterocycles. The average Bonchev–Trinajstić information content (AvgIpc) is 2.68. The van der Waals surface area contributed by atoms with Gasteiger partial charge in [-0.2, -0.15) is 0 Å². The number of ether oxygens (including phenoxy) is 1. The van der Waals surface area contributed by atoms with Crippen molar-refractivity contribution in [3.63, 3.8) is 0 Å². The Morgan fingerprint density at radius 2 is 1.61 bits per heavy atom. The predicted molar refractivity (Wildman–Crippen MR) is 116 cm³/mol. The fraction of sp³-hybridized carbons (Fsp3) is 0.520. The van der Waals surface area contributed by atoms with E-state index in [1.165, 1.54) is 38.5 Å². The number of benzene rings is 2. The Morgan fingerprint density at radius 1 is 0.929 bits per heavy atom. The number of rotatable bonds is 7. The van der Waals surface area contributed by atoms with Crippen LogP contribution in [0.4, 0.5) is 0 Å². The molecule has 0 aliphatic heterocycles. The van der Waals surface area contributed by atoms with Crippen molar-refractivity contribution in [3.8, 4) is 16.9 Å². The van der Waals surface area contributed by atoms with Crippen molar-refractivity contribution in [1.82, 2.24) is 5.32 Å². The highest BCUT2D eigenvalue weighted by Crippen LogP contribution is 2.55. The minimum atomic E-state index is 0.449. The van der Waals surface area contributed by atoms with Gasteiger partial charge in [-0.1, -0.05) is 41.9 Å². The molecule has 4 saturated carbocycles. The molecule has 4 aliphatic rings. The van der Waals surface area contributed by atoms with Crippen molar-refractivity contribution in [2.45, 2.75) is 50.5 Å². The summed E-state index contributed by atoms with van der Waals surface area (Å²) in [6, 6.07) is 16.3. The molecule has 2 aromatic rings. The van der Waals surface area contributed by atoms with E-state index in [0.717, 1.165) is 59.2 Å². The molecule has 4 aliphatic carbocycles. The first kappa shape index (κ1) is 18.5. The van der Waals surface area contributed by atoms with Gasteiger partial charge < -0.3 is 10.1 Å². The van der Waals surface area contributed by atoms with Gasteiger partial charge in [-0.15, -0.1) is 0 Å². The smallest absolute Gasteiger partial charge is 0.127 e. The van der Waals surface area contributed by atoms with Gasteiger partial charge in [0.1, 0.15) is 5.75 Å². The minimum Gasteiger partial charge on any atom is -0.493 e. The fourth-order valence-corrected chi connectivity index (χ4v) is 6.58. The molecule has 0 spiro atoms. The highest BCUT2D eigenvalue weighted by atomic mass is 35.5. The Morgan fingerprint density at radius 3 is 2.29 bits per heavy atom. The van der Waals surface area contributed by atoms with Crippen LogP contribution in [0.25, 0.3) is 11.1 Å². The standard InChI is InChI=1S/C25H30ClNO/c26-22-7-8-24(23(14-22)21-5-2-1-3-6-21)28-10-4-9-27-25-15-18-11-19(16-25)13-20(12-18)17-25/h1-3,5-8,14,18-20,27H,4,9-13,15-17H2. The van der Waals surface area contributed by atoms with Crippen molar-refractivity contribution in [2.24, 2.45) is 17.8 Å². The lowest BCUT2D eigenvalue weighted by molar-refractivity contribution is -0.0198. The van der Waals surface area contributed by atoms with Crippen molar-refractivity contribution < 1.29 is 4.74 Å². The monoisotopic (exact) mass is 395 g/mol. The first-order valence-corrected chi connectivity index (χ1v) is 11.3. The third kappa shape index (κ3) is 3.82. The summed E-state index contributed by atoms with van der Waals surface area (Å²) in [6.45, 7) is 1.79. The van der Waals surface area contributed by atoms with Gasteiger partial charge >= 0.3 is 0 Å². The zero-order chi connectivity index (χ0) is 19.0. The van der Waals surface area contributed by atoms with E-state index in [2.05, 4.69) is 29.6 Å². The summed E-state index contributed by atoms with van der Waals surface area (Å²) in [5.41, 5.74) is 2.67. The molecule has 0 amide bonds. The molecule has 0 aromatic heterocycles. The van der Waals surface area contributed by atoms with E-state index in [1.807, 2.05) is 24.3 Å². The normalized spacial score (nSPS) is 30.5. The summed E-state index contributed by atoms with van der Waals surface area (Å²) in [6.07, 6.45) is 9.78. The molecule has 0 radical (unpaired) electrons. The van der Waals surface area contributed by atoms with Crippen LogP contribution in [0.2, 0.25) is 5.02 Å². The zero-order valence-electron chi connectivity index (χ0n) is 16.5. The van der Waals surface area contributed by atoms with Gasteiger partial charge in [-0.25, -0.2) is 0 Å². The number of hydrogen-bond acceptors (Lipinski definition) is 2. The number of hydrogen-bond donors (Lipinski definition) is 1. The molecular weight excluding hydrogens is 366 g/mol. The quantitative estimate of drug-likeness (QED) is 0.552. The molecule has 0 heterocycles. The Balaban J connectivity index is 1.16. The number of halogens is 1. The van der Waals surface area contributed by atoms with Gasteiger partial charge in [-0.05, 0) is 93.0 Å². The van der Waals surface area contributed by atoms with E-state index >= 15 is 0 Å². The maximum Gasteiger partial charge on any atom is 0.127 e. The topological polar surface area (TPSA) is 21.3 Å². The summed E-state index contributed by atoms with van der Waals surface area (Å²) >= 11 is 6.23. The third-order valence-electron chi connectivity index (χ3n) is 7.14. The van der Waals surface area contributed by atoms with Gasteiger partial charge in [0.15, 0.2) is 0 Å². The summed E-state index contributed by atoms with van der Waals surface area (Å²) in [5, 5.41) is 4.71. The van der Waals surface area contributed by atoms with Crippen LogP contribution in [0.1, 0.15) is 44.9 Å². The van der Waals surface area contributed by atoms with E-state index < -0.39 is 0 Å². The summed E-state index contributed by atoms with van der Waals surface area (Å²) in [5.74, 6) is 3.91. The molecule has 148 valence electrons. The maximum atomic E-state index is 6.23. The van der Waals surface area contributed by atoms with Gasteiger partial charge in [0, 0.05) is 16.1 Å². The van der Waals surface area contributed by atoms with Gasteiger partial charge in [0.2, 0.25) is 0 Å². The van der Waals surface area contributed by atoms with Gasteiger partial charge in [0.05, 0.1) is 6.61 Å². The van der Waals surface area contributed by atoms with E-state index in [1.54, 1.807) is 0 Å². The Bertz CT molecular complexity index is 783. The summed E-state index contributed by atoms with van der Waals surface area (Å²) in [7, 11) is 0. The largest absolute Gasteiger partial charge is 0.493 e. The maximum absolute atomic E-state index is 6.23. The van der Waals surface area contributed by atoms with E-state index in [4.69, 9.17) is 16.3 Å². The Labute approximate surface area is 173 Å². The summed E-state index contributed by atoms with van der Waals surface area (Å²) < 4.78 is 6.17. The lowest BCUT2D eigenvalue weighted by Gasteiger charge is -2.57. The summed E-state index contributed by atoms with van der Waals surface area (Å²) in [4.78, 5) is 0. The van der Waals surface area contributed by atoms with Crippen molar-refractivity contribution in [3.05, 3.63) is 53.6 Å². The molecule has 4 bridgehead atoms. The highest BCUT2D eigenvalue weighted by molar-refractivity contribution is 6.31. The molecule has 6 rings (SSSR count). The third-order valence-corrected chi connectivity index (χ3v) is 7.38.